The molecule has 0 bridgehead atoms. The van der Waals surface area contributed by atoms with E-state index in [0.717, 1.165) is 18.9 Å². The summed E-state index contributed by atoms with van der Waals surface area (Å²) in [7, 11) is 1.88. The molecule has 1 heterocycles. The highest BCUT2D eigenvalue weighted by Gasteiger charge is 1.98. The van der Waals surface area contributed by atoms with Gasteiger partial charge >= 0.3 is 0 Å². The third-order valence-corrected chi connectivity index (χ3v) is 1.63. The van der Waals surface area contributed by atoms with E-state index in [1.54, 1.807) is 4.68 Å². The SMILES string of the molecule is CC(C)CCOc1ccn(C)n1. The number of nitrogens with zero attached hydrogens (tertiary/aromatic N) is 2. The maximum atomic E-state index is 5.41. The van der Waals surface area contributed by atoms with Gasteiger partial charge in [-0.05, 0) is 12.3 Å². The molecule has 0 atom stereocenters. The van der Waals surface area contributed by atoms with E-state index in [9.17, 15) is 0 Å². The number of hydrogen-bond acceptors (Lipinski definition) is 2. The number of aromatic nitrogens is 2. The second-order valence-electron chi connectivity index (χ2n) is 3.36. The molecule has 0 radical (unpaired) electrons. The molecule has 0 N–H and O–H groups in total. The normalized spacial score (nSPS) is 10.7. The van der Waals surface area contributed by atoms with Crippen molar-refractivity contribution in [3.05, 3.63) is 12.3 Å². The summed E-state index contributed by atoms with van der Waals surface area (Å²) in [5.74, 6) is 1.41. The van der Waals surface area contributed by atoms with Crippen LogP contribution in [0.15, 0.2) is 12.3 Å². The van der Waals surface area contributed by atoms with Crippen molar-refractivity contribution >= 4 is 0 Å². The van der Waals surface area contributed by atoms with Crippen LogP contribution in [-0.2, 0) is 7.05 Å². The fourth-order valence-electron chi connectivity index (χ4n) is 0.870. The van der Waals surface area contributed by atoms with Gasteiger partial charge < -0.3 is 4.74 Å². The predicted molar refractivity (Wildman–Crippen MR) is 48.2 cm³/mol. The fourth-order valence-corrected chi connectivity index (χ4v) is 0.870. The molecule has 0 amide bonds. The first kappa shape index (κ1) is 9.10. The summed E-state index contributed by atoms with van der Waals surface area (Å²) in [5.41, 5.74) is 0. The lowest BCUT2D eigenvalue weighted by molar-refractivity contribution is 0.277. The Bertz CT molecular complexity index is 230. The highest BCUT2D eigenvalue weighted by Crippen LogP contribution is 2.06. The third kappa shape index (κ3) is 2.95. The van der Waals surface area contributed by atoms with Crippen molar-refractivity contribution in [3.8, 4) is 5.88 Å². The first-order valence-electron chi connectivity index (χ1n) is 4.31. The van der Waals surface area contributed by atoms with Gasteiger partial charge in [-0.1, -0.05) is 13.8 Å². The van der Waals surface area contributed by atoms with E-state index in [-0.39, 0.29) is 0 Å². The van der Waals surface area contributed by atoms with Crippen LogP contribution >= 0.6 is 0 Å². The second kappa shape index (κ2) is 4.14. The highest BCUT2D eigenvalue weighted by molar-refractivity contribution is 5.04. The van der Waals surface area contributed by atoms with Gasteiger partial charge in [-0.3, -0.25) is 4.68 Å². The lowest BCUT2D eigenvalue weighted by Crippen LogP contribution is -2.02. The van der Waals surface area contributed by atoms with Crippen molar-refractivity contribution < 1.29 is 4.74 Å². The molecule has 0 fully saturated rings. The van der Waals surface area contributed by atoms with Crippen molar-refractivity contribution in [2.45, 2.75) is 20.3 Å². The molecule has 0 aliphatic rings. The largest absolute Gasteiger partial charge is 0.477 e. The molecule has 68 valence electrons. The summed E-state index contributed by atoms with van der Waals surface area (Å²) in [4.78, 5) is 0. The molecule has 1 rings (SSSR count). The number of rotatable bonds is 4. The van der Waals surface area contributed by atoms with Gasteiger partial charge in [0.15, 0.2) is 0 Å². The van der Waals surface area contributed by atoms with Gasteiger partial charge in [-0.25, -0.2) is 0 Å². The molecule has 12 heavy (non-hydrogen) atoms. The molecule has 1 aromatic heterocycles. The monoisotopic (exact) mass is 168 g/mol. The molecule has 3 nitrogen and oxygen atoms in total. The van der Waals surface area contributed by atoms with Crippen molar-refractivity contribution in [2.24, 2.45) is 13.0 Å². The minimum absolute atomic E-state index is 0.689. The molecular formula is C9H16N2O. The summed E-state index contributed by atoms with van der Waals surface area (Å²) in [6.45, 7) is 5.12. The molecule has 0 aliphatic heterocycles. The summed E-state index contributed by atoms with van der Waals surface area (Å²) < 4.78 is 7.15. The van der Waals surface area contributed by atoms with Crippen molar-refractivity contribution in [3.63, 3.8) is 0 Å². The van der Waals surface area contributed by atoms with Crippen molar-refractivity contribution in [2.75, 3.05) is 6.61 Å². The smallest absolute Gasteiger partial charge is 0.232 e. The Morgan fingerprint density at radius 3 is 2.83 bits per heavy atom. The van der Waals surface area contributed by atoms with Crippen LogP contribution in [0.1, 0.15) is 20.3 Å². The number of hydrogen-bond donors (Lipinski definition) is 0. The van der Waals surface area contributed by atoms with Crippen LogP contribution in [0.3, 0.4) is 0 Å². The van der Waals surface area contributed by atoms with Gasteiger partial charge in [0.05, 0.1) is 6.61 Å². The Morgan fingerprint density at radius 2 is 2.33 bits per heavy atom. The van der Waals surface area contributed by atoms with Crippen LogP contribution in [0.25, 0.3) is 0 Å². The minimum atomic E-state index is 0.689. The van der Waals surface area contributed by atoms with Crippen LogP contribution < -0.4 is 4.74 Å². The molecule has 0 aliphatic carbocycles. The van der Waals surface area contributed by atoms with E-state index in [0.29, 0.717) is 5.92 Å². The molecule has 0 saturated carbocycles. The third-order valence-electron chi connectivity index (χ3n) is 1.63. The maximum Gasteiger partial charge on any atom is 0.232 e. The summed E-state index contributed by atoms with van der Waals surface area (Å²) >= 11 is 0. The van der Waals surface area contributed by atoms with E-state index >= 15 is 0 Å². The molecule has 1 aromatic rings. The lowest BCUT2D eigenvalue weighted by Gasteiger charge is -2.04. The first-order chi connectivity index (χ1) is 5.68. The van der Waals surface area contributed by atoms with Gasteiger partial charge in [-0.15, -0.1) is 5.10 Å². The van der Waals surface area contributed by atoms with E-state index in [1.165, 1.54) is 0 Å². The Balaban J connectivity index is 2.24. The van der Waals surface area contributed by atoms with E-state index < -0.39 is 0 Å². The molecular weight excluding hydrogens is 152 g/mol. The topological polar surface area (TPSA) is 27.1 Å². The van der Waals surface area contributed by atoms with E-state index in [1.807, 2.05) is 19.3 Å². The maximum absolute atomic E-state index is 5.41. The molecule has 0 unspecified atom stereocenters. The zero-order valence-electron chi connectivity index (χ0n) is 7.95. The van der Waals surface area contributed by atoms with Crippen LogP contribution in [0.5, 0.6) is 5.88 Å². The van der Waals surface area contributed by atoms with Crippen LogP contribution in [0.4, 0.5) is 0 Å². The first-order valence-corrected chi connectivity index (χ1v) is 4.31. The second-order valence-corrected chi connectivity index (χ2v) is 3.36. The van der Waals surface area contributed by atoms with Crippen LogP contribution in [0.2, 0.25) is 0 Å². The number of aryl methyl sites for hydroxylation is 1. The van der Waals surface area contributed by atoms with Gasteiger partial charge in [0, 0.05) is 19.3 Å². The van der Waals surface area contributed by atoms with Gasteiger partial charge in [0.25, 0.3) is 0 Å². The van der Waals surface area contributed by atoms with Crippen LogP contribution in [0, 0.1) is 5.92 Å². The van der Waals surface area contributed by atoms with E-state index in [2.05, 4.69) is 18.9 Å². The zero-order chi connectivity index (χ0) is 8.97. The molecule has 0 aromatic carbocycles. The van der Waals surface area contributed by atoms with Crippen molar-refractivity contribution in [1.82, 2.24) is 9.78 Å². The summed E-state index contributed by atoms with van der Waals surface area (Å²) in [5, 5.41) is 4.10. The summed E-state index contributed by atoms with van der Waals surface area (Å²) in [6, 6.07) is 1.88. The van der Waals surface area contributed by atoms with Crippen LogP contribution in [-0.4, -0.2) is 16.4 Å². The molecule has 3 heteroatoms. The Labute approximate surface area is 73.3 Å². The molecule has 0 spiro atoms. The summed E-state index contributed by atoms with van der Waals surface area (Å²) in [6.07, 6.45) is 2.96. The average molecular weight is 168 g/mol. The Morgan fingerprint density at radius 1 is 1.58 bits per heavy atom. The Hall–Kier alpha value is -0.990. The van der Waals surface area contributed by atoms with Gasteiger partial charge in [-0.2, -0.15) is 0 Å². The fraction of sp³-hybridized carbons (Fsp3) is 0.667. The zero-order valence-corrected chi connectivity index (χ0v) is 7.95. The standard InChI is InChI=1S/C9H16N2O/c1-8(2)5-7-12-9-4-6-11(3)10-9/h4,6,8H,5,7H2,1-3H3. The number of ether oxygens (including phenoxy) is 1. The minimum Gasteiger partial charge on any atom is -0.477 e. The highest BCUT2D eigenvalue weighted by atomic mass is 16.5. The Kier molecular flexibility index (Phi) is 3.14. The van der Waals surface area contributed by atoms with Gasteiger partial charge in [0.1, 0.15) is 0 Å². The molecule has 0 saturated heterocycles. The van der Waals surface area contributed by atoms with Crippen molar-refractivity contribution in [1.29, 1.82) is 0 Å². The quantitative estimate of drug-likeness (QED) is 0.686. The average Bonchev–Trinajstić information content (AvgIpc) is 2.35. The van der Waals surface area contributed by atoms with E-state index in [4.69, 9.17) is 4.74 Å². The lowest BCUT2D eigenvalue weighted by atomic mass is 10.1. The van der Waals surface area contributed by atoms with Gasteiger partial charge in [0.2, 0.25) is 5.88 Å². The predicted octanol–water partition coefficient (Wildman–Crippen LogP) is 1.84.